The Labute approximate surface area is 117 Å². The van der Waals surface area contributed by atoms with Gasteiger partial charge in [-0.25, -0.2) is 4.98 Å². The summed E-state index contributed by atoms with van der Waals surface area (Å²) in [5, 5.41) is 10.8. The lowest BCUT2D eigenvalue weighted by molar-refractivity contribution is 0.163. The number of nitrogens with zero attached hydrogens (tertiary/aromatic N) is 2. The predicted molar refractivity (Wildman–Crippen MR) is 74.5 cm³/mol. The molecule has 2 rings (SSSR count). The van der Waals surface area contributed by atoms with Crippen LogP contribution in [0.2, 0.25) is 5.02 Å². The lowest BCUT2D eigenvalue weighted by Crippen LogP contribution is -2.05. The molecule has 1 N–H and O–H groups in total. The van der Waals surface area contributed by atoms with E-state index in [0.717, 1.165) is 5.82 Å². The topological polar surface area (TPSA) is 47.3 Å². The van der Waals surface area contributed by atoms with Crippen LogP contribution in [0.3, 0.4) is 0 Å². The number of hydrogen-bond acceptors (Lipinski definition) is 3. The molecule has 1 aromatic heterocycles. The van der Waals surface area contributed by atoms with Crippen LogP contribution < -0.4 is 4.74 Å². The first kappa shape index (κ1) is 13.9. The third-order valence-electron chi connectivity index (χ3n) is 3.13. The number of aromatic nitrogens is 2. The summed E-state index contributed by atoms with van der Waals surface area (Å²) in [5.74, 6) is 1.55. The average Bonchev–Trinajstić information content (AvgIpc) is 2.81. The van der Waals surface area contributed by atoms with E-state index in [1.54, 1.807) is 31.5 Å². The zero-order valence-corrected chi connectivity index (χ0v) is 11.8. The largest absolute Gasteiger partial charge is 0.496 e. The van der Waals surface area contributed by atoms with Gasteiger partial charge in [0, 0.05) is 31.4 Å². The van der Waals surface area contributed by atoms with Gasteiger partial charge in [0.1, 0.15) is 11.6 Å². The van der Waals surface area contributed by atoms with E-state index in [1.807, 2.05) is 17.8 Å². The maximum Gasteiger partial charge on any atom is 0.126 e. The third-order valence-corrected chi connectivity index (χ3v) is 3.46. The molecule has 0 aliphatic carbocycles. The number of halogens is 1. The Morgan fingerprint density at radius 3 is 2.89 bits per heavy atom. The lowest BCUT2D eigenvalue weighted by Gasteiger charge is -2.16. The Hall–Kier alpha value is -1.52. The first-order chi connectivity index (χ1) is 9.13. The van der Waals surface area contributed by atoms with Crippen molar-refractivity contribution >= 4 is 11.6 Å². The van der Waals surface area contributed by atoms with Gasteiger partial charge < -0.3 is 14.4 Å². The van der Waals surface area contributed by atoms with E-state index in [4.69, 9.17) is 16.3 Å². The molecular formula is C14H17ClN2O2. The monoisotopic (exact) mass is 280 g/mol. The summed E-state index contributed by atoms with van der Waals surface area (Å²) < 4.78 is 7.18. The molecular weight excluding hydrogens is 264 g/mol. The Balaban J connectivity index is 2.12. The van der Waals surface area contributed by atoms with Crippen molar-refractivity contribution in [1.29, 1.82) is 0 Å². The van der Waals surface area contributed by atoms with Crippen molar-refractivity contribution in [2.24, 2.45) is 7.05 Å². The number of ether oxygens (including phenoxy) is 1. The van der Waals surface area contributed by atoms with Crippen molar-refractivity contribution in [3.8, 4) is 5.75 Å². The SMILES string of the molecule is COc1cccc(Cl)c1C(O)CCc1nccn1C. The van der Waals surface area contributed by atoms with E-state index in [0.29, 0.717) is 29.2 Å². The molecule has 0 aliphatic heterocycles. The third kappa shape index (κ3) is 3.08. The van der Waals surface area contributed by atoms with E-state index in [-0.39, 0.29) is 0 Å². The molecule has 0 fully saturated rings. The molecule has 0 radical (unpaired) electrons. The second-order valence-corrected chi connectivity index (χ2v) is 4.77. The first-order valence-corrected chi connectivity index (χ1v) is 6.48. The highest BCUT2D eigenvalue weighted by molar-refractivity contribution is 6.31. The molecule has 0 aliphatic rings. The molecule has 102 valence electrons. The molecule has 2 aromatic rings. The molecule has 1 aromatic carbocycles. The predicted octanol–water partition coefficient (Wildman–Crippen LogP) is 2.75. The van der Waals surface area contributed by atoms with Crippen LogP contribution in [0.25, 0.3) is 0 Å². The molecule has 0 amide bonds. The quantitative estimate of drug-likeness (QED) is 0.916. The maximum absolute atomic E-state index is 10.3. The van der Waals surface area contributed by atoms with E-state index in [2.05, 4.69) is 4.98 Å². The summed E-state index contributed by atoms with van der Waals surface area (Å²) in [4.78, 5) is 4.23. The molecule has 4 nitrogen and oxygen atoms in total. The van der Waals surface area contributed by atoms with Gasteiger partial charge >= 0.3 is 0 Å². The van der Waals surface area contributed by atoms with Crippen molar-refractivity contribution in [3.05, 3.63) is 47.0 Å². The van der Waals surface area contributed by atoms with Crippen molar-refractivity contribution in [3.63, 3.8) is 0 Å². The smallest absolute Gasteiger partial charge is 0.126 e. The highest BCUT2D eigenvalue weighted by atomic mass is 35.5. The highest BCUT2D eigenvalue weighted by Crippen LogP contribution is 2.34. The van der Waals surface area contributed by atoms with Crippen LogP contribution in [0.4, 0.5) is 0 Å². The zero-order valence-electron chi connectivity index (χ0n) is 11.0. The first-order valence-electron chi connectivity index (χ1n) is 6.10. The fourth-order valence-corrected chi connectivity index (χ4v) is 2.36. The second-order valence-electron chi connectivity index (χ2n) is 4.36. The van der Waals surface area contributed by atoms with Crippen molar-refractivity contribution in [2.75, 3.05) is 7.11 Å². The van der Waals surface area contributed by atoms with Gasteiger partial charge in [0.15, 0.2) is 0 Å². The van der Waals surface area contributed by atoms with Gasteiger partial charge in [0.2, 0.25) is 0 Å². The van der Waals surface area contributed by atoms with Crippen LogP contribution in [0.5, 0.6) is 5.75 Å². The molecule has 19 heavy (non-hydrogen) atoms. The van der Waals surface area contributed by atoms with E-state index < -0.39 is 6.10 Å². The second kappa shape index (κ2) is 6.08. The molecule has 1 atom stereocenters. The van der Waals surface area contributed by atoms with Gasteiger partial charge in [0.05, 0.1) is 18.2 Å². The Morgan fingerprint density at radius 2 is 2.26 bits per heavy atom. The maximum atomic E-state index is 10.3. The number of rotatable bonds is 5. The molecule has 0 saturated carbocycles. The minimum atomic E-state index is -0.666. The average molecular weight is 281 g/mol. The number of imidazole rings is 1. The van der Waals surface area contributed by atoms with Crippen LogP contribution in [-0.4, -0.2) is 21.8 Å². The summed E-state index contributed by atoms with van der Waals surface area (Å²) in [5.41, 5.74) is 0.640. The molecule has 5 heteroatoms. The van der Waals surface area contributed by atoms with Gasteiger partial charge in [-0.1, -0.05) is 17.7 Å². The minimum Gasteiger partial charge on any atom is -0.496 e. The Morgan fingerprint density at radius 1 is 1.47 bits per heavy atom. The molecule has 1 unspecified atom stereocenters. The number of aryl methyl sites for hydroxylation is 2. The standard InChI is InChI=1S/C14H17ClN2O2/c1-17-9-8-16-13(17)7-6-11(18)14-10(15)4-3-5-12(14)19-2/h3-5,8-9,11,18H,6-7H2,1-2H3. The van der Waals surface area contributed by atoms with Gasteiger partial charge in [-0.2, -0.15) is 0 Å². The lowest BCUT2D eigenvalue weighted by atomic mass is 10.0. The number of benzene rings is 1. The van der Waals surface area contributed by atoms with E-state index in [9.17, 15) is 5.11 Å². The Kier molecular flexibility index (Phi) is 4.45. The fourth-order valence-electron chi connectivity index (χ4n) is 2.07. The van der Waals surface area contributed by atoms with Crippen LogP contribution >= 0.6 is 11.6 Å². The summed E-state index contributed by atoms with van der Waals surface area (Å²) in [6.07, 6.45) is 4.19. The number of methoxy groups -OCH3 is 1. The van der Waals surface area contributed by atoms with Crippen LogP contribution in [0.15, 0.2) is 30.6 Å². The molecule has 0 bridgehead atoms. The molecule has 0 saturated heterocycles. The number of hydrogen-bond donors (Lipinski definition) is 1. The summed E-state index contributed by atoms with van der Waals surface area (Å²) in [7, 11) is 3.51. The molecule has 1 heterocycles. The Bertz CT molecular complexity index is 554. The van der Waals surface area contributed by atoms with Gasteiger partial charge in [-0.05, 0) is 18.6 Å². The van der Waals surface area contributed by atoms with Crippen molar-refractivity contribution < 1.29 is 9.84 Å². The van der Waals surface area contributed by atoms with Gasteiger partial charge in [-0.3, -0.25) is 0 Å². The van der Waals surface area contributed by atoms with Crippen LogP contribution in [-0.2, 0) is 13.5 Å². The van der Waals surface area contributed by atoms with Gasteiger partial charge in [-0.15, -0.1) is 0 Å². The van der Waals surface area contributed by atoms with E-state index in [1.165, 1.54) is 0 Å². The minimum absolute atomic E-state index is 0.520. The summed E-state index contributed by atoms with van der Waals surface area (Å²) in [6, 6.07) is 5.35. The summed E-state index contributed by atoms with van der Waals surface area (Å²) in [6.45, 7) is 0. The van der Waals surface area contributed by atoms with Crippen molar-refractivity contribution in [1.82, 2.24) is 9.55 Å². The number of aliphatic hydroxyl groups is 1. The van der Waals surface area contributed by atoms with E-state index >= 15 is 0 Å². The van der Waals surface area contributed by atoms with Crippen LogP contribution in [0, 0.1) is 0 Å². The zero-order chi connectivity index (χ0) is 13.8. The van der Waals surface area contributed by atoms with Gasteiger partial charge in [0.25, 0.3) is 0 Å². The fraction of sp³-hybridized carbons (Fsp3) is 0.357. The number of aliphatic hydroxyl groups excluding tert-OH is 1. The summed E-state index contributed by atoms with van der Waals surface area (Å²) >= 11 is 6.13. The van der Waals surface area contributed by atoms with Crippen molar-refractivity contribution in [2.45, 2.75) is 18.9 Å². The molecule has 0 spiro atoms. The van der Waals surface area contributed by atoms with Crippen LogP contribution in [0.1, 0.15) is 23.9 Å². The normalized spacial score (nSPS) is 12.4. The highest BCUT2D eigenvalue weighted by Gasteiger charge is 2.17.